The van der Waals surface area contributed by atoms with Gasteiger partial charge in [-0.3, -0.25) is 10.2 Å². The smallest absolute Gasteiger partial charge is 0.269 e. The van der Waals surface area contributed by atoms with Crippen molar-refractivity contribution >= 4 is 27.8 Å². The topological polar surface area (TPSA) is 116 Å². The number of aromatic nitrogens is 2. The lowest BCUT2D eigenvalue weighted by Crippen LogP contribution is -2.31. The number of nitrogens with one attached hydrogen (secondary N) is 1. The molecule has 1 amide bonds. The minimum absolute atomic E-state index is 0.0398. The molecule has 0 aliphatic heterocycles. The van der Waals surface area contributed by atoms with E-state index < -0.39 is 5.91 Å². The van der Waals surface area contributed by atoms with Crippen LogP contribution >= 0.6 is 15.9 Å². The van der Waals surface area contributed by atoms with Crippen LogP contribution in [0.25, 0.3) is 11.3 Å². The van der Waals surface area contributed by atoms with Crippen LogP contribution in [0.4, 0.5) is 5.95 Å². The van der Waals surface area contributed by atoms with Gasteiger partial charge in [0.2, 0.25) is 5.95 Å². The fraction of sp³-hybridized carbons (Fsp3) is 0.267. The molecule has 1 aromatic heterocycles. The van der Waals surface area contributed by atoms with Crippen molar-refractivity contribution in [1.82, 2.24) is 15.4 Å². The zero-order valence-electron chi connectivity index (χ0n) is 13.1. The first-order chi connectivity index (χ1) is 10.8. The van der Waals surface area contributed by atoms with Crippen molar-refractivity contribution in [2.75, 3.05) is 5.73 Å². The first-order valence-corrected chi connectivity index (χ1v) is 7.74. The van der Waals surface area contributed by atoms with Crippen molar-refractivity contribution in [3.05, 3.63) is 33.9 Å². The highest BCUT2D eigenvalue weighted by Gasteiger charge is 2.22. The van der Waals surface area contributed by atoms with Crippen LogP contribution in [0.1, 0.15) is 29.9 Å². The second kappa shape index (κ2) is 6.93. The normalized spacial score (nSPS) is 10.7. The summed E-state index contributed by atoms with van der Waals surface area (Å²) >= 11 is 3.42. The van der Waals surface area contributed by atoms with E-state index in [1.165, 1.54) is 0 Å². The lowest BCUT2D eigenvalue weighted by atomic mass is 10.0. The van der Waals surface area contributed by atoms with Gasteiger partial charge in [0.25, 0.3) is 5.91 Å². The van der Waals surface area contributed by atoms with Crippen LogP contribution in [-0.2, 0) is 0 Å². The number of nitrogen functional groups attached to an aromatic ring is 2. The minimum Gasteiger partial charge on any atom is -0.490 e. The van der Waals surface area contributed by atoms with E-state index in [1.807, 2.05) is 26.0 Å². The molecule has 0 unspecified atom stereocenters. The third kappa shape index (κ3) is 3.77. The molecule has 5 N–H and O–H groups in total. The monoisotopic (exact) mass is 379 g/mol. The second-order valence-electron chi connectivity index (χ2n) is 5.17. The molecule has 0 radical (unpaired) electrons. The Hall–Kier alpha value is -2.19. The highest BCUT2D eigenvalue weighted by atomic mass is 79.9. The highest BCUT2D eigenvalue weighted by Crippen LogP contribution is 2.35. The van der Waals surface area contributed by atoms with E-state index in [-0.39, 0.29) is 17.6 Å². The second-order valence-corrected chi connectivity index (χ2v) is 6.09. The van der Waals surface area contributed by atoms with Crippen LogP contribution < -0.4 is 21.7 Å². The highest BCUT2D eigenvalue weighted by molar-refractivity contribution is 9.10. The van der Waals surface area contributed by atoms with Gasteiger partial charge in [-0.15, -0.1) is 0 Å². The fourth-order valence-corrected chi connectivity index (χ4v) is 2.54. The van der Waals surface area contributed by atoms with Gasteiger partial charge in [-0.2, -0.15) is 0 Å². The van der Waals surface area contributed by atoms with E-state index >= 15 is 0 Å². The van der Waals surface area contributed by atoms with Crippen molar-refractivity contribution in [1.29, 1.82) is 0 Å². The molecule has 0 bridgehead atoms. The van der Waals surface area contributed by atoms with Crippen LogP contribution in [0.15, 0.2) is 22.7 Å². The average Bonchev–Trinajstić information content (AvgIpc) is 2.47. The number of amides is 1. The van der Waals surface area contributed by atoms with Crippen LogP contribution in [0.5, 0.6) is 5.75 Å². The summed E-state index contributed by atoms with van der Waals surface area (Å²) in [6.07, 6.45) is -0.0398. The first kappa shape index (κ1) is 17.2. The SMILES string of the molecule is Cc1nc(N)nc(-c2cc(Br)ccc2OC(C)C)c1C(=O)NN. The molecule has 8 heteroatoms. The Bertz CT molecular complexity index is 749. The number of nitrogens with zero attached hydrogens (tertiary/aromatic N) is 2. The summed E-state index contributed by atoms with van der Waals surface area (Å²) in [7, 11) is 0. The van der Waals surface area contributed by atoms with Crippen LogP contribution in [-0.4, -0.2) is 22.0 Å². The lowest BCUT2D eigenvalue weighted by molar-refractivity contribution is 0.0953. The number of anilines is 1. The summed E-state index contributed by atoms with van der Waals surface area (Å²) in [5, 5.41) is 0. The maximum Gasteiger partial charge on any atom is 0.269 e. The molecular formula is C15H18BrN5O2. The van der Waals surface area contributed by atoms with E-state index in [2.05, 4.69) is 31.3 Å². The summed E-state index contributed by atoms with van der Waals surface area (Å²) in [4.78, 5) is 20.4. The summed E-state index contributed by atoms with van der Waals surface area (Å²) in [5.41, 5.74) is 9.57. The van der Waals surface area contributed by atoms with Crippen molar-refractivity contribution < 1.29 is 9.53 Å². The van der Waals surface area contributed by atoms with E-state index in [9.17, 15) is 4.79 Å². The number of aryl methyl sites for hydroxylation is 1. The number of benzene rings is 1. The van der Waals surface area contributed by atoms with Crippen LogP contribution in [0.2, 0.25) is 0 Å². The average molecular weight is 380 g/mol. The van der Waals surface area contributed by atoms with Crippen molar-refractivity contribution in [3.8, 4) is 17.0 Å². The number of carbonyl (C=O) groups is 1. The first-order valence-electron chi connectivity index (χ1n) is 6.95. The minimum atomic E-state index is -0.493. The predicted molar refractivity (Wildman–Crippen MR) is 91.7 cm³/mol. The molecule has 23 heavy (non-hydrogen) atoms. The number of nitrogens with two attached hydrogens (primary N) is 2. The van der Waals surface area contributed by atoms with E-state index in [4.69, 9.17) is 16.3 Å². The molecule has 0 fully saturated rings. The summed E-state index contributed by atoms with van der Waals surface area (Å²) in [6.45, 7) is 5.50. The Kier molecular flexibility index (Phi) is 5.17. The van der Waals surface area contributed by atoms with Gasteiger partial charge in [-0.1, -0.05) is 15.9 Å². The third-order valence-corrected chi connectivity index (χ3v) is 3.52. The van der Waals surface area contributed by atoms with Crippen LogP contribution in [0.3, 0.4) is 0 Å². The Labute approximate surface area is 142 Å². The molecule has 2 aromatic rings. The Balaban J connectivity index is 2.75. The fourth-order valence-electron chi connectivity index (χ4n) is 2.18. The van der Waals surface area contributed by atoms with Crippen LogP contribution in [0, 0.1) is 6.92 Å². The Morgan fingerprint density at radius 3 is 2.65 bits per heavy atom. The van der Waals surface area contributed by atoms with Gasteiger partial charge >= 0.3 is 0 Å². The maximum absolute atomic E-state index is 12.1. The third-order valence-electron chi connectivity index (χ3n) is 3.02. The Morgan fingerprint density at radius 2 is 2.04 bits per heavy atom. The molecule has 0 spiro atoms. The molecular weight excluding hydrogens is 362 g/mol. The predicted octanol–water partition coefficient (Wildman–Crippen LogP) is 2.19. The van der Waals surface area contributed by atoms with Crippen molar-refractivity contribution in [3.63, 3.8) is 0 Å². The quantitative estimate of drug-likeness (QED) is 0.425. The molecule has 1 aromatic carbocycles. The lowest BCUT2D eigenvalue weighted by Gasteiger charge is -2.17. The number of rotatable bonds is 4. The largest absolute Gasteiger partial charge is 0.490 e. The van der Waals surface area contributed by atoms with Gasteiger partial charge in [0.05, 0.1) is 23.1 Å². The van der Waals surface area contributed by atoms with Gasteiger partial charge in [0.1, 0.15) is 5.75 Å². The van der Waals surface area contributed by atoms with Gasteiger partial charge < -0.3 is 10.5 Å². The number of hydrogen-bond acceptors (Lipinski definition) is 6. The summed E-state index contributed by atoms with van der Waals surface area (Å²) in [5.74, 6) is 5.45. The molecule has 0 aliphatic carbocycles. The zero-order valence-corrected chi connectivity index (χ0v) is 14.6. The number of hydrazine groups is 1. The van der Waals surface area contributed by atoms with Gasteiger partial charge in [0, 0.05) is 10.0 Å². The number of ether oxygens (including phenoxy) is 1. The van der Waals surface area contributed by atoms with E-state index in [1.54, 1.807) is 13.0 Å². The molecule has 122 valence electrons. The number of carbonyl (C=O) groups excluding carboxylic acids is 1. The van der Waals surface area contributed by atoms with Gasteiger partial charge in [-0.25, -0.2) is 15.8 Å². The molecule has 0 saturated carbocycles. The van der Waals surface area contributed by atoms with E-state index in [0.717, 1.165) is 4.47 Å². The Morgan fingerprint density at radius 1 is 1.35 bits per heavy atom. The number of hydrogen-bond donors (Lipinski definition) is 3. The molecule has 1 heterocycles. The van der Waals surface area contributed by atoms with Gasteiger partial charge in [0.15, 0.2) is 0 Å². The maximum atomic E-state index is 12.1. The molecule has 7 nitrogen and oxygen atoms in total. The van der Waals surface area contributed by atoms with Crippen molar-refractivity contribution in [2.45, 2.75) is 26.9 Å². The zero-order chi connectivity index (χ0) is 17.1. The molecule has 0 atom stereocenters. The molecule has 0 saturated heterocycles. The number of halogens is 1. The van der Waals surface area contributed by atoms with Gasteiger partial charge in [-0.05, 0) is 39.0 Å². The molecule has 2 rings (SSSR count). The summed E-state index contributed by atoms with van der Waals surface area (Å²) in [6, 6.07) is 5.46. The van der Waals surface area contributed by atoms with Crippen molar-refractivity contribution in [2.24, 2.45) is 5.84 Å². The van der Waals surface area contributed by atoms with E-state index in [0.29, 0.717) is 22.7 Å². The molecule has 0 aliphatic rings. The summed E-state index contributed by atoms with van der Waals surface area (Å²) < 4.78 is 6.64. The standard InChI is InChI=1S/C15H18BrN5O2/c1-7(2)23-11-5-4-9(16)6-10(11)13-12(14(22)21-18)8(3)19-15(17)20-13/h4-7H,18H2,1-3H3,(H,21,22)(H2,17,19,20).